The van der Waals surface area contributed by atoms with Crippen LogP contribution in [-0.4, -0.2) is 80.0 Å². The largest absolute Gasteiger partial charge is 0.353 e. The van der Waals surface area contributed by atoms with Crippen LogP contribution in [0.25, 0.3) is 0 Å². The molecule has 2 aliphatic rings. The molecule has 2 aromatic rings. The summed E-state index contributed by atoms with van der Waals surface area (Å²) in [5.41, 5.74) is 0.635. The number of amides is 2. The summed E-state index contributed by atoms with van der Waals surface area (Å²) in [7, 11) is 2.10. The Morgan fingerprint density at radius 1 is 1.05 bits per heavy atom. The number of benzene rings is 2. The number of rotatable bonds is 8. The van der Waals surface area contributed by atoms with Crippen LogP contribution in [0, 0.1) is 17.2 Å². The van der Waals surface area contributed by atoms with Crippen molar-refractivity contribution in [2.75, 3.05) is 51.6 Å². The van der Waals surface area contributed by atoms with Crippen molar-refractivity contribution in [2.45, 2.75) is 45.2 Å². The number of halogens is 3. The first-order valence-corrected chi connectivity index (χ1v) is 14.6. The third-order valence-corrected chi connectivity index (χ3v) is 8.27. The quantitative estimate of drug-likeness (QED) is 0.418. The van der Waals surface area contributed by atoms with Gasteiger partial charge in [-0.05, 0) is 48.7 Å². The monoisotopic (exact) mass is 591 g/mol. The van der Waals surface area contributed by atoms with Gasteiger partial charge in [0.15, 0.2) is 0 Å². The molecule has 7 nitrogen and oxygen atoms in total. The molecule has 0 aliphatic carbocycles. The lowest BCUT2D eigenvalue weighted by Crippen LogP contribution is -2.49. The van der Waals surface area contributed by atoms with E-state index in [0.717, 1.165) is 32.7 Å². The van der Waals surface area contributed by atoms with Crippen molar-refractivity contribution in [2.24, 2.45) is 11.3 Å². The first kappa shape index (κ1) is 30.7. The Morgan fingerprint density at radius 3 is 2.42 bits per heavy atom. The van der Waals surface area contributed by atoms with E-state index in [-0.39, 0.29) is 33.9 Å². The van der Waals surface area contributed by atoms with Crippen LogP contribution in [0.2, 0.25) is 10.0 Å². The van der Waals surface area contributed by atoms with E-state index < -0.39 is 23.7 Å². The van der Waals surface area contributed by atoms with Gasteiger partial charge in [-0.2, -0.15) is 0 Å². The van der Waals surface area contributed by atoms with E-state index in [2.05, 4.69) is 53.6 Å². The highest BCUT2D eigenvalue weighted by molar-refractivity contribution is 6.31. The van der Waals surface area contributed by atoms with Crippen LogP contribution in [0.1, 0.15) is 38.7 Å². The highest BCUT2D eigenvalue weighted by atomic mass is 35.5. The van der Waals surface area contributed by atoms with Crippen molar-refractivity contribution in [3.05, 3.63) is 63.9 Å². The van der Waals surface area contributed by atoms with Crippen molar-refractivity contribution in [1.82, 2.24) is 20.4 Å². The second kappa shape index (κ2) is 13.2. The molecule has 10 heteroatoms. The molecule has 4 rings (SSSR count). The van der Waals surface area contributed by atoms with Gasteiger partial charge in [0.05, 0.1) is 17.0 Å². The van der Waals surface area contributed by atoms with Gasteiger partial charge in [0.2, 0.25) is 11.8 Å². The number of likely N-dealkylation sites (N-methyl/N-ethyl adjacent to an activating group) is 1. The maximum atomic E-state index is 15.5. The predicted molar refractivity (Wildman–Crippen MR) is 159 cm³/mol. The molecule has 0 saturated carbocycles. The smallest absolute Gasteiger partial charge is 0.237 e. The third kappa shape index (κ3) is 7.74. The summed E-state index contributed by atoms with van der Waals surface area (Å²) in [6, 6.07) is 10.5. The Morgan fingerprint density at radius 2 is 1.75 bits per heavy atom. The van der Waals surface area contributed by atoms with Crippen LogP contribution in [0.15, 0.2) is 42.5 Å². The van der Waals surface area contributed by atoms with Crippen molar-refractivity contribution in [1.29, 1.82) is 0 Å². The number of piperazine rings is 1. The molecule has 2 fully saturated rings. The fraction of sp³-hybridized carbons (Fsp3) is 0.533. The zero-order valence-electron chi connectivity index (χ0n) is 23.6. The van der Waals surface area contributed by atoms with E-state index in [9.17, 15) is 9.59 Å². The molecule has 4 unspecified atom stereocenters. The molecule has 3 N–H and O–H groups in total. The van der Waals surface area contributed by atoms with Gasteiger partial charge < -0.3 is 20.9 Å². The van der Waals surface area contributed by atoms with E-state index in [0.29, 0.717) is 23.7 Å². The maximum absolute atomic E-state index is 15.5. The Hall–Kier alpha value is -2.23. The van der Waals surface area contributed by atoms with E-state index in [1.165, 1.54) is 6.07 Å². The molecular weight excluding hydrogens is 552 g/mol. The zero-order valence-corrected chi connectivity index (χ0v) is 25.2. The predicted octanol–water partition coefficient (Wildman–Crippen LogP) is 4.61. The van der Waals surface area contributed by atoms with Crippen LogP contribution in [0.4, 0.5) is 10.1 Å². The third-order valence-electron chi connectivity index (χ3n) is 7.75. The SMILES string of the molecule is CN1CCN(CCNC(=O)C2NC(CC(C)(C)C)C(C(=O)Nc3cccc(Cl)c3)C2c2cccc(Cl)c2F)CC1. The Bertz CT molecular complexity index is 1200. The molecule has 0 spiro atoms. The lowest BCUT2D eigenvalue weighted by Gasteiger charge is -2.32. The van der Waals surface area contributed by atoms with E-state index >= 15 is 4.39 Å². The summed E-state index contributed by atoms with van der Waals surface area (Å²) < 4.78 is 15.5. The summed E-state index contributed by atoms with van der Waals surface area (Å²) in [5.74, 6) is -2.67. The number of hydrogen-bond acceptors (Lipinski definition) is 5. The van der Waals surface area contributed by atoms with Gasteiger partial charge in [0.1, 0.15) is 5.82 Å². The van der Waals surface area contributed by atoms with Crippen molar-refractivity contribution in [3.8, 4) is 0 Å². The van der Waals surface area contributed by atoms with E-state index in [1.54, 1.807) is 36.4 Å². The molecule has 2 amide bonds. The highest BCUT2D eigenvalue weighted by Crippen LogP contribution is 2.43. The first-order chi connectivity index (χ1) is 18.9. The number of carbonyl (C=O) groups is 2. The number of anilines is 1. The highest BCUT2D eigenvalue weighted by Gasteiger charge is 2.51. The maximum Gasteiger partial charge on any atom is 0.237 e. The van der Waals surface area contributed by atoms with Gasteiger partial charge >= 0.3 is 0 Å². The molecule has 0 bridgehead atoms. The van der Waals surface area contributed by atoms with Crippen LogP contribution in [0.5, 0.6) is 0 Å². The fourth-order valence-corrected chi connectivity index (χ4v) is 6.16. The molecule has 218 valence electrons. The normalized spacial score (nSPS) is 24.2. The lowest BCUT2D eigenvalue weighted by atomic mass is 9.76. The van der Waals surface area contributed by atoms with Gasteiger partial charge in [-0.25, -0.2) is 4.39 Å². The van der Waals surface area contributed by atoms with Gasteiger partial charge in [0, 0.05) is 61.9 Å². The lowest BCUT2D eigenvalue weighted by molar-refractivity contribution is -0.123. The minimum atomic E-state index is -0.817. The fourth-order valence-electron chi connectivity index (χ4n) is 5.79. The van der Waals surface area contributed by atoms with Crippen LogP contribution < -0.4 is 16.0 Å². The minimum Gasteiger partial charge on any atom is -0.353 e. The Labute approximate surface area is 246 Å². The number of carbonyl (C=O) groups excluding carboxylic acids is 2. The summed E-state index contributed by atoms with van der Waals surface area (Å²) >= 11 is 12.4. The molecule has 2 heterocycles. The second-order valence-electron chi connectivity index (χ2n) is 12.1. The summed E-state index contributed by atoms with van der Waals surface area (Å²) in [4.78, 5) is 32.2. The number of nitrogens with zero attached hydrogens (tertiary/aromatic N) is 2. The molecular formula is C30H40Cl2FN5O2. The van der Waals surface area contributed by atoms with Crippen LogP contribution in [0.3, 0.4) is 0 Å². The molecule has 4 atom stereocenters. The molecule has 0 aromatic heterocycles. The number of hydrogen-bond donors (Lipinski definition) is 3. The average molecular weight is 593 g/mol. The number of nitrogens with one attached hydrogen (secondary N) is 3. The van der Waals surface area contributed by atoms with Gasteiger partial charge in [-0.1, -0.05) is 62.2 Å². The van der Waals surface area contributed by atoms with Crippen LogP contribution in [-0.2, 0) is 9.59 Å². The molecule has 40 heavy (non-hydrogen) atoms. The standard InChI is InChI=1S/C30H40Cl2FN5O2/c1-30(2,3)18-23-25(28(39)35-20-8-5-7-19(31)17-20)24(21-9-6-10-22(32)26(21)33)27(36-23)29(40)34-11-12-38-15-13-37(4)14-16-38/h5-10,17,23-25,27,36H,11-16,18H2,1-4H3,(H,34,40)(H,35,39). The molecule has 0 radical (unpaired) electrons. The summed E-state index contributed by atoms with van der Waals surface area (Å²) in [6.07, 6.45) is 0.602. The van der Waals surface area contributed by atoms with E-state index in [1.807, 2.05) is 0 Å². The van der Waals surface area contributed by atoms with Crippen LogP contribution >= 0.6 is 23.2 Å². The van der Waals surface area contributed by atoms with Gasteiger partial charge in [0.25, 0.3) is 0 Å². The Balaban J connectivity index is 1.62. The Kier molecular flexibility index (Phi) is 10.1. The van der Waals surface area contributed by atoms with Crippen molar-refractivity contribution in [3.63, 3.8) is 0 Å². The minimum absolute atomic E-state index is 0.0417. The average Bonchev–Trinajstić information content (AvgIpc) is 3.24. The van der Waals surface area contributed by atoms with Crippen molar-refractivity contribution >= 4 is 40.7 Å². The van der Waals surface area contributed by atoms with Gasteiger partial charge in [-0.3, -0.25) is 14.5 Å². The first-order valence-electron chi connectivity index (χ1n) is 13.9. The molecule has 2 saturated heterocycles. The second-order valence-corrected chi connectivity index (χ2v) is 13.0. The summed E-state index contributed by atoms with van der Waals surface area (Å²) in [5, 5.41) is 9.90. The molecule has 2 aliphatic heterocycles. The van der Waals surface area contributed by atoms with E-state index in [4.69, 9.17) is 23.2 Å². The van der Waals surface area contributed by atoms with Crippen molar-refractivity contribution < 1.29 is 14.0 Å². The molecule has 2 aromatic carbocycles. The zero-order chi connectivity index (χ0) is 29.0. The van der Waals surface area contributed by atoms with Gasteiger partial charge in [-0.15, -0.1) is 0 Å². The summed E-state index contributed by atoms with van der Waals surface area (Å²) in [6.45, 7) is 11.3. The topological polar surface area (TPSA) is 76.7 Å².